The Bertz CT molecular complexity index is 391. The second kappa shape index (κ2) is 7.71. The van der Waals surface area contributed by atoms with Crippen molar-refractivity contribution in [2.45, 2.75) is 26.7 Å². The summed E-state index contributed by atoms with van der Waals surface area (Å²) in [5, 5.41) is 11.2. The van der Waals surface area contributed by atoms with Gasteiger partial charge in [0.25, 0.3) is 0 Å². The van der Waals surface area contributed by atoms with Crippen molar-refractivity contribution in [2.75, 3.05) is 19.8 Å². The van der Waals surface area contributed by atoms with Crippen LogP contribution in [0.1, 0.15) is 24.0 Å². The molecule has 1 aromatic rings. The van der Waals surface area contributed by atoms with Crippen molar-refractivity contribution >= 4 is 5.91 Å². The number of hydrogen-bond acceptors (Lipinski definition) is 3. The highest BCUT2D eigenvalue weighted by Gasteiger charge is 2.02. The van der Waals surface area contributed by atoms with E-state index in [9.17, 15) is 4.79 Å². The molecule has 100 valence electrons. The zero-order valence-corrected chi connectivity index (χ0v) is 11.0. The number of aryl methyl sites for hydroxylation is 2. The fourth-order valence-electron chi connectivity index (χ4n) is 1.66. The number of aliphatic hydroxyl groups excluding tert-OH is 1. The van der Waals surface area contributed by atoms with Crippen molar-refractivity contribution in [1.29, 1.82) is 0 Å². The molecule has 2 N–H and O–H groups in total. The monoisotopic (exact) mass is 251 g/mol. The predicted octanol–water partition coefficient (Wildman–Crippen LogP) is 1.57. The lowest BCUT2D eigenvalue weighted by Gasteiger charge is -2.09. The number of benzene rings is 1. The van der Waals surface area contributed by atoms with Crippen LogP contribution >= 0.6 is 0 Å². The van der Waals surface area contributed by atoms with Gasteiger partial charge in [-0.25, -0.2) is 0 Å². The van der Waals surface area contributed by atoms with Gasteiger partial charge in [0.2, 0.25) is 5.91 Å². The highest BCUT2D eigenvalue weighted by Crippen LogP contribution is 2.18. The molecule has 0 aliphatic heterocycles. The first-order valence-electron chi connectivity index (χ1n) is 6.21. The SMILES string of the molecule is Cc1ccc(OCCCC(=O)NCCO)c(C)c1. The summed E-state index contributed by atoms with van der Waals surface area (Å²) < 4.78 is 5.62. The van der Waals surface area contributed by atoms with E-state index >= 15 is 0 Å². The molecule has 4 nitrogen and oxygen atoms in total. The van der Waals surface area contributed by atoms with Gasteiger partial charge in [-0.3, -0.25) is 4.79 Å². The van der Waals surface area contributed by atoms with Gasteiger partial charge in [0.1, 0.15) is 5.75 Å². The number of hydrogen-bond donors (Lipinski definition) is 2. The van der Waals surface area contributed by atoms with E-state index in [0.29, 0.717) is 26.0 Å². The Morgan fingerprint density at radius 3 is 2.83 bits per heavy atom. The normalized spacial score (nSPS) is 10.2. The molecule has 0 bridgehead atoms. The Labute approximate surface area is 108 Å². The molecular formula is C14H21NO3. The molecule has 0 radical (unpaired) electrons. The van der Waals surface area contributed by atoms with Crippen LogP contribution in [0, 0.1) is 13.8 Å². The molecule has 0 saturated heterocycles. The van der Waals surface area contributed by atoms with Gasteiger partial charge in [-0.15, -0.1) is 0 Å². The summed E-state index contributed by atoms with van der Waals surface area (Å²) >= 11 is 0. The molecule has 0 saturated carbocycles. The number of rotatable bonds is 7. The Morgan fingerprint density at radius 1 is 1.39 bits per heavy atom. The zero-order chi connectivity index (χ0) is 13.4. The Kier molecular flexibility index (Phi) is 6.22. The van der Waals surface area contributed by atoms with Gasteiger partial charge in [0.15, 0.2) is 0 Å². The van der Waals surface area contributed by atoms with E-state index in [1.54, 1.807) is 0 Å². The summed E-state index contributed by atoms with van der Waals surface area (Å²) in [6.45, 7) is 4.87. The molecule has 0 spiro atoms. The summed E-state index contributed by atoms with van der Waals surface area (Å²) in [6.07, 6.45) is 1.09. The van der Waals surface area contributed by atoms with Gasteiger partial charge in [-0.1, -0.05) is 17.7 Å². The first kappa shape index (κ1) is 14.5. The van der Waals surface area contributed by atoms with Gasteiger partial charge in [-0.05, 0) is 31.9 Å². The van der Waals surface area contributed by atoms with E-state index in [1.165, 1.54) is 5.56 Å². The van der Waals surface area contributed by atoms with Crippen LogP contribution in [-0.2, 0) is 4.79 Å². The second-order valence-electron chi connectivity index (χ2n) is 4.29. The first-order chi connectivity index (χ1) is 8.63. The minimum atomic E-state index is -0.0479. The van der Waals surface area contributed by atoms with Crippen molar-refractivity contribution in [3.63, 3.8) is 0 Å². The molecule has 1 amide bonds. The number of carbonyl (C=O) groups excluding carboxylic acids is 1. The van der Waals surface area contributed by atoms with Gasteiger partial charge in [-0.2, -0.15) is 0 Å². The van der Waals surface area contributed by atoms with Crippen LogP contribution in [0.4, 0.5) is 0 Å². The number of amides is 1. The lowest BCUT2D eigenvalue weighted by Crippen LogP contribution is -2.26. The largest absolute Gasteiger partial charge is 0.493 e. The molecule has 4 heteroatoms. The minimum Gasteiger partial charge on any atom is -0.493 e. The van der Waals surface area contributed by atoms with Crippen LogP contribution in [-0.4, -0.2) is 30.8 Å². The Hall–Kier alpha value is -1.55. The summed E-state index contributed by atoms with van der Waals surface area (Å²) in [5.74, 6) is 0.824. The highest BCUT2D eigenvalue weighted by molar-refractivity contribution is 5.75. The van der Waals surface area contributed by atoms with Crippen molar-refractivity contribution in [1.82, 2.24) is 5.32 Å². The van der Waals surface area contributed by atoms with Crippen LogP contribution in [0.3, 0.4) is 0 Å². The number of ether oxygens (including phenoxy) is 1. The average molecular weight is 251 g/mol. The van der Waals surface area contributed by atoms with E-state index in [4.69, 9.17) is 9.84 Å². The van der Waals surface area contributed by atoms with Crippen LogP contribution < -0.4 is 10.1 Å². The maximum Gasteiger partial charge on any atom is 0.220 e. The smallest absolute Gasteiger partial charge is 0.220 e. The summed E-state index contributed by atoms with van der Waals surface area (Å²) in [6, 6.07) is 6.04. The van der Waals surface area contributed by atoms with E-state index < -0.39 is 0 Å². The molecule has 0 unspecified atom stereocenters. The highest BCUT2D eigenvalue weighted by atomic mass is 16.5. The van der Waals surface area contributed by atoms with Crippen LogP contribution in [0.5, 0.6) is 5.75 Å². The topological polar surface area (TPSA) is 58.6 Å². The lowest BCUT2D eigenvalue weighted by atomic mass is 10.1. The third-order valence-corrected chi connectivity index (χ3v) is 2.57. The zero-order valence-electron chi connectivity index (χ0n) is 11.0. The Balaban J connectivity index is 2.23. The quantitative estimate of drug-likeness (QED) is 0.723. The number of aliphatic hydroxyl groups is 1. The van der Waals surface area contributed by atoms with E-state index in [0.717, 1.165) is 11.3 Å². The lowest BCUT2D eigenvalue weighted by molar-refractivity contribution is -0.121. The minimum absolute atomic E-state index is 0.0230. The maximum atomic E-state index is 11.2. The molecule has 18 heavy (non-hydrogen) atoms. The van der Waals surface area contributed by atoms with Crippen molar-refractivity contribution in [2.24, 2.45) is 0 Å². The molecule has 0 atom stereocenters. The standard InChI is InChI=1S/C14H21NO3/c1-11-5-6-13(12(2)10-11)18-9-3-4-14(17)15-7-8-16/h5-6,10,16H,3-4,7-9H2,1-2H3,(H,15,17). The van der Waals surface area contributed by atoms with Gasteiger partial charge < -0.3 is 15.2 Å². The molecule has 0 heterocycles. The molecule has 0 aliphatic carbocycles. The molecule has 0 aromatic heterocycles. The molecule has 1 aromatic carbocycles. The molecule has 0 aliphatic rings. The van der Waals surface area contributed by atoms with Crippen LogP contribution in [0.25, 0.3) is 0 Å². The third-order valence-electron chi connectivity index (χ3n) is 2.57. The van der Waals surface area contributed by atoms with Crippen molar-refractivity contribution < 1.29 is 14.6 Å². The van der Waals surface area contributed by atoms with Crippen LogP contribution in [0.2, 0.25) is 0 Å². The second-order valence-corrected chi connectivity index (χ2v) is 4.29. The summed E-state index contributed by atoms with van der Waals surface area (Å²) in [5.41, 5.74) is 2.32. The van der Waals surface area contributed by atoms with E-state index in [-0.39, 0.29) is 12.5 Å². The first-order valence-corrected chi connectivity index (χ1v) is 6.21. The van der Waals surface area contributed by atoms with Crippen LogP contribution in [0.15, 0.2) is 18.2 Å². The molecular weight excluding hydrogens is 230 g/mol. The molecule has 1 rings (SSSR count). The fraction of sp³-hybridized carbons (Fsp3) is 0.500. The van der Waals surface area contributed by atoms with E-state index in [2.05, 4.69) is 11.4 Å². The number of nitrogens with one attached hydrogen (secondary N) is 1. The third kappa shape index (κ3) is 5.19. The van der Waals surface area contributed by atoms with Gasteiger partial charge in [0, 0.05) is 13.0 Å². The number of carbonyl (C=O) groups is 1. The van der Waals surface area contributed by atoms with Crippen molar-refractivity contribution in [3.05, 3.63) is 29.3 Å². The average Bonchev–Trinajstić information content (AvgIpc) is 2.34. The maximum absolute atomic E-state index is 11.2. The molecule has 0 fully saturated rings. The van der Waals surface area contributed by atoms with Crippen molar-refractivity contribution in [3.8, 4) is 5.75 Å². The van der Waals surface area contributed by atoms with E-state index in [1.807, 2.05) is 26.0 Å². The summed E-state index contributed by atoms with van der Waals surface area (Å²) in [7, 11) is 0. The van der Waals surface area contributed by atoms with Gasteiger partial charge >= 0.3 is 0 Å². The predicted molar refractivity (Wildman–Crippen MR) is 70.7 cm³/mol. The van der Waals surface area contributed by atoms with Gasteiger partial charge in [0.05, 0.1) is 13.2 Å². The summed E-state index contributed by atoms with van der Waals surface area (Å²) in [4.78, 5) is 11.2. The fourth-order valence-corrected chi connectivity index (χ4v) is 1.66. The Morgan fingerprint density at radius 2 is 2.17 bits per heavy atom.